The van der Waals surface area contributed by atoms with Gasteiger partial charge < -0.3 is 0 Å². The number of rotatable bonds is 2. The summed E-state index contributed by atoms with van der Waals surface area (Å²) in [4.78, 5) is 0. The number of hydrogen-bond donors (Lipinski definition) is 0. The smallest absolute Gasteiger partial charge is 0.0219 e. The zero-order valence-corrected chi connectivity index (χ0v) is 9.53. The first-order chi connectivity index (χ1) is 7.27. The molecule has 0 saturated heterocycles. The molecule has 0 atom stereocenters. The van der Waals surface area contributed by atoms with Crippen LogP contribution in [-0.4, -0.2) is 0 Å². The molecule has 0 unspecified atom stereocenters. The maximum absolute atomic E-state index is 2.33. The molecule has 0 radical (unpaired) electrons. The van der Waals surface area contributed by atoms with Crippen LogP contribution in [0.15, 0.2) is 42.5 Å². The molecule has 0 aromatic heterocycles. The van der Waals surface area contributed by atoms with Gasteiger partial charge in [-0.05, 0) is 35.5 Å². The first-order valence-corrected chi connectivity index (χ1v) is 5.73. The Morgan fingerprint density at radius 2 is 2.07 bits per heavy atom. The van der Waals surface area contributed by atoms with E-state index in [1.807, 2.05) is 0 Å². The maximum Gasteiger partial charge on any atom is -0.0219 e. The van der Waals surface area contributed by atoms with Crippen LogP contribution in [0.1, 0.15) is 43.7 Å². The molecule has 0 saturated carbocycles. The highest BCUT2D eigenvalue weighted by molar-refractivity contribution is 5.68. The van der Waals surface area contributed by atoms with Gasteiger partial charge in [-0.2, -0.15) is 0 Å². The molecule has 1 aromatic rings. The van der Waals surface area contributed by atoms with Crippen LogP contribution in [0, 0.1) is 0 Å². The summed E-state index contributed by atoms with van der Waals surface area (Å²) in [5, 5.41) is 0. The minimum absolute atomic E-state index is 0.615. The van der Waals surface area contributed by atoms with Gasteiger partial charge in [0, 0.05) is 0 Å². The summed E-state index contributed by atoms with van der Waals surface area (Å²) in [5.74, 6) is 0.615. The van der Waals surface area contributed by atoms with Crippen molar-refractivity contribution in [3.63, 3.8) is 0 Å². The zero-order chi connectivity index (χ0) is 10.7. The van der Waals surface area contributed by atoms with E-state index in [1.165, 1.54) is 29.5 Å². The Bertz CT molecular complexity index is 394. The minimum atomic E-state index is 0.615. The molecular weight excluding hydrogens is 180 g/mol. The first-order valence-electron chi connectivity index (χ1n) is 5.73. The van der Waals surface area contributed by atoms with Gasteiger partial charge in [-0.25, -0.2) is 0 Å². The lowest BCUT2D eigenvalue weighted by Crippen LogP contribution is -1.92. The monoisotopic (exact) mass is 198 g/mol. The van der Waals surface area contributed by atoms with Crippen LogP contribution in [0.2, 0.25) is 0 Å². The SMILES string of the molecule is CC(C)c1cccc(C2=CC=CCC2)c1. The third kappa shape index (κ3) is 2.38. The van der Waals surface area contributed by atoms with Crippen LogP contribution in [0.25, 0.3) is 5.57 Å². The van der Waals surface area contributed by atoms with Crippen molar-refractivity contribution >= 4 is 5.57 Å². The van der Waals surface area contributed by atoms with E-state index < -0.39 is 0 Å². The van der Waals surface area contributed by atoms with Gasteiger partial charge in [-0.3, -0.25) is 0 Å². The predicted molar refractivity (Wildman–Crippen MR) is 66.9 cm³/mol. The topological polar surface area (TPSA) is 0 Å². The molecule has 1 aliphatic carbocycles. The van der Waals surface area contributed by atoms with Gasteiger partial charge >= 0.3 is 0 Å². The Morgan fingerprint density at radius 3 is 2.73 bits per heavy atom. The third-order valence-corrected chi connectivity index (χ3v) is 2.94. The number of allylic oxidation sites excluding steroid dienone is 4. The molecule has 78 valence electrons. The fraction of sp³-hybridized carbons (Fsp3) is 0.333. The van der Waals surface area contributed by atoms with Gasteiger partial charge in [0.2, 0.25) is 0 Å². The summed E-state index contributed by atoms with van der Waals surface area (Å²) in [7, 11) is 0. The van der Waals surface area contributed by atoms with Gasteiger partial charge in [-0.1, -0.05) is 56.3 Å². The highest BCUT2D eigenvalue weighted by Crippen LogP contribution is 2.26. The van der Waals surface area contributed by atoms with Crippen LogP contribution in [-0.2, 0) is 0 Å². The van der Waals surface area contributed by atoms with E-state index >= 15 is 0 Å². The summed E-state index contributed by atoms with van der Waals surface area (Å²) in [6, 6.07) is 8.93. The van der Waals surface area contributed by atoms with Gasteiger partial charge in [0.25, 0.3) is 0 Å². The van der Waals surface area contributed by atoms with E-state index in [2.05, 4.69) is 56.3 Å². The maximum atomic E-state index is 2.33. The molecular formula is C15H18. The van der Waals surface area contributed by atoms with Crippen molar-refractivity contribution in [2.45, 2.75) is 32.6 Å². The molecule has 0 nitrogen and oxygen atoms in total. The number of hydrogen-bond acceptors (Lipinski definition) is 0. The second kappa shape index (κ2) is 4.48. The Hall–Kier alpha value is -1.30. The average molecular weight is 198 g/mol. The van der Waals surface area contributed by atoms with E-state index in [9.17, 15) is 0 Å². The van der Waals surface area contributed by atoms with Crippen molar-refractivity contribution in [1.29, 1.82) is 0 Å². The molecule has 1 aliphatic rings. The largest absolute Gasteiger partial charge is 0.0842 e. The van der Waals surface area contributed by atoms with E-state index in [4.69, 9.17) is 0 Å². The molecule has 15 heavy (non-hydrogen) atoms. The zero-order valence-electron chi connectivity index (χ0n) is 9.53. The third-order valence-electron chi connectivity index (χ3n) is 2.94. The lowest BCUT2D eigenvalue weighted by atomic mass is 9.93. The molecule has 0 spiro atoms. The number of benzene rings is 1. The van der Waals surface area contributed by atoms with Crippen molar-refractivity contribution in [3.05, 3.63) is 53.6 Å². The molecule has 0 fully saturated rings. The van der Waals surface area contributed by atoms with E-state index in [0.29, 0.717) is 5.92 Å². The van der Waals surface area contributed by atoms with Crippen molar-refractivity contribution in [1.82, 2.24) is 0 Å². The molecule has 0 heterocycles. The standard InChI is InChI=1S/C15H18/c1-12(2)14-9-6-10-15(11-14)13-7-4-3-5-8-13/h3-4,6-7,9-12H,5,8H2,1-2H3. The lowest BCUT2D eigenvalue weighted by molar-refractivity contribution is 0.865. The van der Waals surface area contributed by atoms with Crippen molar-refractivity contribution in [2.24, 2.45) is 0 Å². The highest BCUT2D eigenvalue weighted by Gasteiger charge is 2.05. The summed E-state index contributed by atoms with van der Waals surface area (Å²) in [6.45, 7) is 4.49. The molecule has 1 aromatic carbocycles. The Balaban J connectivity index is 2.32. The van der Waals surface area contributed by atoms with Crippen molar-refractivity contribution in [3.8, 4) is 0 Å². The summed E-state index contributed by atoms with van der Waals surface area (Å²) in [5.41, 5.74) is 4.30. The Morgan fingerprint density at radius 1 is 1.20 bits per heavy atom. The quantitative estimate of drug-likeness (QED) is 0.654. The molecule has 0 N–H and O–H groups in total. The first kappa shape index (κ1) is 10.2. The van der Waals surface area contributed by atoms with Gasteiger partial charge in [-0.15, -0.1) is 0 Å². The summed E-state index contributed by atoms with van der Waals surface area (Å²) >= 11 is 0. The normalized spacial score (nSPS) is 15.5. The summed E-state index contributed by atoms with van der Waals surface area (Å²) in [6.07, 6.45) is 9.00. The highest BCUT2D eigenvalue weighted by atomic mass is 14.1. The van der Waals surface area contributed by atoms with Crippen LogP contribution in [0.4, 0.5) is 0 Å². The second-order valence-corrected chi connectivity index (χ2v) is 4.44. The average Bonchev–Trinajstić information content (AvgIpc) is 2.30. The molecule has 0 amide bonds. The summed E-state index contributed by atoms with van der Waals surface area (Å²) < 4.78 is 0. The minimum Gasteiger partial charge on any atom is -0.0842 e. The van der Waals surface area contributed by atoms with Crippen LogP contribution in [0.3, 0.4) is 0 Å². The van der Waals surface area contributed by atoms with Crippen molar-refractivity contribution in [2.75, 3.05) is 0 Å². The Labute approximate surface area is 92.3 Å². The van der Waals surface area contributed by atoms with E-state index in [0.717, 1.165) is 0 Å². The van der Waals surface area contributed by atoms with E-state index in [1.54, 1.807) is 0 Å². The van der Waals surface area contributed by atoms with Crippen LogP contribution < -0.4 is 0 Å². The molecule has 0 bridgehead atoms. The van der Waals surface area contributed by atoms with Crippen LogP contribution >= 0.6 is 0 Å². The fourth-order valence-electron chi connectivity index (χ4n) is 1.94. The predicted octanol–water partition coefficient (Wildman–Crippen LogP) is 4.54. The lowest BCUT2D eigenvalue weighted by Gasteiger charge is -2.12. The van der Waals surface area contributed by atoms with Gasteiger partial charge in [0.1, 0.15) is 0 Å². The van der Waals surface area contributed by atoms with E-state index in [-0.39, 0.29) is 0 Å². The molecule has 0 aliphatic heterocycles. The van der Waals surface area contributed by atoms with Crippen LogP contribution in [0.5, 0.6) is 0 Å². The van der Waals surface area contributed by atoms with Gasteiger partial charge in [0.15, 0.2) is 0 Å². The second-order valence-electron chi connectivity index (χ2n) is 4.44. The Kier molecular flexibility index (Phi) is 3.05. The van der Waals surface area contributed by atoms with Crippen molar-refractivity contribution < 1.29 is 0 Å². The molecule has 0 heteroatoms. The van der Waals surface area contributed by atoms with Gasteiger partial charge in [0.05, 0.1) is 0 Å². The fourth-order valence-corrected chi connectivity index (χ4v) is 1.94. The molecule has 2 rings (SSSR count).